The van der Waals surface area contributed by atoms with Crippen LogP contribution >= 0.6 is 0 Å². The van der Waals surface area contributed by atoms with E-state index >= 15 is 0 Å². The zero-order chi connectivity index (χ0) is 14.2. The highest BCUT2D eigenvalue weighted by molar-refractivity contribution is 5.74. The standard InChI is InChI=1S/C15H21N3O2/c1-2-7-17-15(19)18(12-14-6-4-9-20-14)11-13-5-3-8-16-10-13/h2-3,5,8,10,14H,1,4,6-7,9,11-12H2,(H,17,19). The van der Waals surface area contributed by atoms with Gasteiger partial charge >= 0.3 is 6.03 Å². The van der Waals surface area contributed by atoms with Crippen LogP contribution in [-0.2, 0) is 11.3 Å². The molecule has 20 heavy (non-hydrogen) atoms. The van der Waals surface area contributed by atoms with E-state index in [-0.39, 0.29) is 12.1 Å². The summed E-state index contributed by atoms with van der Waals surface area (Å²) < 4.78 is 5.62. The highest BCUT2D eigenvalue weighted by Crippen LogP contribution is 2.15. The number of nitrogens with one attached hydrogen (secondary N) is 1. The molecule has 1 aromatic heterocycles. The third-order valence-electron chi connectivity index (χ3n) is 3.23. The molecule has 1 aliphatic rings. The molecule has 5 heteroatoms. The summed E-state index contributed by atoms with van der Waals surface area (Å²) in [5.41, 5.74) is 1.01. The molecule has 1 fully saturated rings. The number of nitrogens with zero attached hydrogens (tertiary/aromatic N) is 2. The third kappa shape index (κ3) is 4.35. The molecule has 2 heterocycles. The second kappa shape index (κ2) is 7.65. The molecule has 108 valence electrons. The molecule has 2 amide bonds. The van der Waals surface area contributed by atoms with Gasteiger partial charge in [-0.3, -0.25) is 4.98 Å². The molecule has 5 nitrogen and oxygen atoms in total. The molecule has 1 aliphatic heterocycles. The van der Waals surface area contributed by atoms with E-state index in [1.54, 1.807) is 23.4 Å². The summed E-state index contributed by atoms with van der Waals surface area (Å²) in [4.78, 5) is 18.0. The zero-order valence-electron chi connectivity index (χ0n) is 11.6. The molecule has 1 unspecified atom stereocenters. The van der Waals surface area contributed by atoms with Crippen molar-refractivity contribution >= 4 is 6.03 Å². The summed E-state index contributed by atoms with van der Waals surface area (Å²) >= 11 is 0. The summed E-state index contributed by atoms with van der Waals surface area (Å²) in [5, 5.41) is 2.82. The van der Waals surface area contributed by atoms with Gasteiger partial charge in [-0.1, -0.05) is 12.1 Å². The van der Waals surface area contributed by atoms with Crippen LogP contribution in [0.15, 0.2) is 37.2 Å². The van der Waals surface area contributed by atoms with Crippen LogP contribution in [0.5, 0.6) is 0 Å². The topological polar surface area (TPSA) is 54.5 Å². The molecule has 1 atom stereocenters. The molecule has 0 saturated carbocycles. The molecule has 2 rings (SSSR count). The summed E-state index contributed by atoms with van der Waals surface area (Å²) in [7, 11) is 0. The van der Waals surface area contributed by atoms with Crippen molar-refractivity contribution in [3.8, 4) is 0 Å². The number of rotatable bonds is 6. The first-order valence-electron chi connectivity index (χ1n) is 6.94. The Balaban J connectivity index is 1.98. The van der Waals surface area contributed by atoms with Crippen LogP contribution in [0.4, 0.5) is 4.79 Å². The smallest absolute Gasteiger partial charge is 0.318 e. The number of hydrogen-bond acceptors (Lipinski definition) is 3. The largest absolute Gasteiger partial charge is 0.376 e. The number of ether oxygens (including phenoxy) is 1. The van der Waals surface area contributed by atoms with Crippen molar-refractivity contribution < 1.29 is 9.53 Å². The molecule has 1 N–H and O–H groups in total. The Labute approximate surface area is 119 Å². The van der Waals surface area contributed by atoms with Gasteiger partial charge in [0.05, 0.1) is 6.10 Å². The van der Waals surface area contributed by atoms with Crippen molar-refractivity contribution in [1.29, 1.82) is 0 Å². The van der Waals surface area contributed by atoms with Crippen LogP contribution in [0.3, 0.4) is 0 Å². The Kier molecular flexibility index (Phi) is 5.55. The summed E-state index contributed by atoms with van der Waals surface area (Å²) in [6, 6.07) is 3.75. The number of carbonyl (C=O) groups is 1. The van der Waals surface area contributed by atoms with Crippen molar-refractivity contribution in [3.63, 3.8) is 0 Å². The lowest BCUT2D eigenvalue weighted by molar-refractivity contribution is 0.0796. The number of pyridine rings is 1. The van der Waals surface area contributed by atoms with Crippen LogP contribution in [0, 0.1) is 0 Å². The molecule has 0 aliphatic carbocycles. The molecule has 1 aromatic rings. The number of carbonyl (C=O) groups excluding carboxylic acids is 1. The fourth-order valence-electron chi connectivity index (χ4n) is 2.24. The van der Waals surface area contributed by atoms with Crippen LogP contribution in [0.25, 0.3) is 0 Å². The van der Waals surface area contributed by atoms with E-state index < -0.39 is 0 Å². The first kappa shape index (κ1) is 14.5. The summed E-state index contributed by atoms with van der Waals surface area (Å²) in [6.45, 7) is 6.02. The van der Waals surface area contributed by atoms with Crippen LogP contribution in [-0.4, -0.2) is 41.7 Å². The molecule has 0 bridgehead atoms. The minimum Gasteiger partial charge on any atom is -0.376 e. The van der Waals surface area contributed by atoms with E-state index in [1.807, 2.05) is 12.1 Å². The molecule has 0 radical (unpaired) electrons. The first-order chi connectivity index (χ1) is 9.79. The van der Waals surface area contributed by atoms with E-state index in [4.69, 9.17) is 4.74 Å². The van der Waals surface area contributed by atoms with E-state index in [0.29, 0.717) is 19.6 Å². The van der Waals surface area contributed by atoms with Gasteiger partial charge in [0.1, 0.15) is 0 Å². The van der Waals surface area contributed by atoms with Gasteiger partial charge in [-0.25, -0.2) is 4.79 Å². The highest BCUT2D eigenvalue weighted by atomic mass is 16.5. The van der Waals surface area contributed by atoms with Gasteiger partial charge < -0.3 is 15.0 Å². The first-order valence-corrected chi connectivity index (χ1v) is 6.94. The molecule has 0 aromatic carbocycles. The summed E-state index contributed by atoms with van der Waals surface area (Å²) in [6.07, 6.45) is 7.40. The van der Waals surface area contributed by atoms with Gasteiger partial charge in [0.25, 0.3) is 0 Å². The van der Waals surface area contributed by atoms with Crippen LogP contribution in [0.1, 0.15) is 18.4 Å². The van der Waals surface area contributed by atoms with Gasteiger partial charge in [-0.05, 0) is 24.5 Å². The Bertz CT molecular complexity index is 430. The van der Waals surface area contributed by atoms with Gasteiger partial charge in [0.2, 0.25) is 0 Å². The van der Waals surface area contributed by atoms with Crippen LogP contribution in [0.2, 0.25) is 0 Å². The normalized spacial score (nSPS) is 17.7. The third-order valence-corrected chi connectivity index (χ3v) is 3.23. The zero-order valence-corrected chi connectivity index (χ0v) is 11.6. The second-order valence-electron chi connectivity index (χ2n) is 4.85. The quantitative estimate of drug-likeness (QED) is 0.807. The van der Waals surface area contributed by atoms with Crippen molar-refractivity contribution in [2.75, 3.05) is 19.7 Å². The second-order valence-corrected chi connectivity index (χ2v) is 4.85. The maximum absolute atomic E-state index is 12.2. The minimum absolute atomic E-state index is 0.0933. The van der Waals surface area contributed by atoms with E-state index in [0.717, 1.165) is 25.0 Å². The lowest BCUT2D eigenvalue weighted by Crippen LogP contribution is -2.43. The molecular formula is C15H21N3O2. The fraction of sp³-hybridized carbons (Fsp3) is 0.467. The Morgan fingerprint density at radius 3 is 3.20 bits per heavy atom. The number of urea groups is 1. The van der Waals surface area contributed by atoms with Gasteiger partial charge in [-0.2, -0.15) is 0 Å². The Hall–Kier alpha value is -1.88. The predicted molar refractivity (Wildman–Crippen MR) is 77.2 cm³/mol. The molecular weight excluding hydrogens is 254 g/mol. The Morgan fingerprint density at radius 2 is 2.55 bits per heavy atom. The van der Waals surface area contributed by atoms with E-state index in [9.17, 15) is 4.79 Å². The van der Waals surface area contributed by atoms with Crippen molar-refractivity contribution in [3.05, 3.63) is 42.7 Å². The fourth-order valence-corrected chi connectivity index (χ4v) is 2.24. The van der Waals surface area contributed by atoms with E-state index in [2.05, 4.69) is 16.9 Å². The SMILES string of the molecule is C=CCNC(=O)N(Cc1cccnc1)CC1CCCO1. The average molecular weight is 275 g/mol. The average Bonchev–Trinajstić information content (AvgIpc) is 2.98. The number of aromatic nitrogens is 1. The predicted octanol–water partition coefficient (Wildman–Crippen LogP) is 1.96. The number of hydrogen-bond donors (Lipinski definition) is 1. The monoisotopic (exact) mass is 275 g/mol. The highest BCUT2D eigenvalue weighted by Gasteiger charge is 2.22. The van der Waals surface area contributed by atoms with Gasteiger partial charge in [-0.15, -0.1) is 6.58 Å². The maximum atomic E-state index is 12.2. The van der Waals surface area contributed by atoms with Crippen molar-refractivity contribution in [1.82, 2.24) is 15.2 Å². The van der Waals surface area contributed by atoms with Gasteiger partial charge in [0, 0.05) is 38.6 Å². The molecule has 0 spiro atoms. The van der Waals surface area contributed by atoms with Gasteiger partial charge in [0.15, 0.2) is 0 Å². The Morgan fingerprint density at radius 1 is 1.65 bits per heavy atom. The maximum Gasteiger partial charge on any atom is 0.318 e. The van der Waals surface area contributed by atoms with E-state index in [1.165, 1.54) is 0 Å². The van der Waals surface area contributed by atoms with Crippen LogP contribution < -0.4 is 5.32 Å². The van der Waals surface area contributed by atoms with Crippen molar-refractivity contribution in [2.24, 2.45) is 0 Å². The minimum atomic E-state index is -0.0933. The van der Waals surface area contributed by atoms with Crippen molar-refractivity contribution in [2.45, 2.75) is 25.5 Å². The lowest BCUT2D eigenvalue weighted by atomic mass is 10.2. The molecule has 1 saturated heterocycles. The lowest BCUT2D eigenvalue weighted by Gasteiger charge is -2.25. The summed E-state index contributed by atoms with van der Waals surface area (Å²) in [5.74, 6) is 0. The number of amides is 2.